The van der Waals surface area contributed by atoms with Gasteiger partial charge in [-0.3, -0.25) is 14.9 Å². The van der Waals surface area contributed by atoms with E-state index in [2.05, 4.69) is 5.32 Å². The lowest BCUT2D eigenvalue weighted by atomic mass is 10.1. The zero-order chi connectivity index (χ0) is 19.2. The number of ether oxygens (including phenoxy) is 1. The fraction of sp³-hybridized carbons (Fsp3) is 0.105. The van der Waals surface area contributed by atoms with Crippen LogP contribution in [0.1, 0.15) is 16.5 Å². The van der Waals surface area contributed by atoms with E-state index in [1.54, 1.807) is 0 Å². The molecule has 1 atom stereocenters. The van der Waals surface area contributed by atoms with Crippen LogP contribution in [0.15, 0.2) is 66.0 Å². The largest absolute Gasteiger partial charge is 0.477 e. The van der Waals surface area contributed by atoms with Gasteiger partial charge < -0.3 is 10.1 Å². The molecule has 27 heavy (non-hydrogen) atoms. The number of rotatable bonds is 7. The summed E-state index contributed by atoms with van der Waals surface area (Å²) >= 11 is 1.50. The maximum atomic E-state index is 13.4. The van der Waals surface area contributed by atoms with E-state index in [1.165, 1.54) is 11.3 Å². The molecule has 0 aliphatic rings. The highest BCUT2D eigenvalue weighted by Crippen LogP contribution is 2.28. The molecule has 2 aromatic carbocycles. The quantitative estimate of drug-likeness (QED) is 0.490. The van der Waals surface area contributed by atoms with Crippen molar-refractivity contribution < 1.29 is 18.8 Å². The first-order valence-electron chi connectivity index (χ1n) is 7.99. The van der Waals surface area contributed by atoms with Crippen molar-refractivity contribution in [2.24, 2.45) is 0 Å². The average molecular weight is 386 g/mol. The third kappa shape index (κ3) is 4.68. The van der Waals surface area contributed by atoms with Gasteiger partial charge in [0, 0.05) is 17.0 Å². The Morgan fingerprint density at radius 2 is 1.96 bits per heavy atom. The molecule has 0 saturated heterocycles. The zero-order valence-corrected chi connectivity index (χ0v) is 14.8. The van der Waals surface area contributed by atoms with E-state index in [9.17, 15) is 19.3 Å². The normalized spacial score (nSPS) is 11.6. The van der Waals surface area contributed by atoms with Crippen molar-refractivity contribution in [3.63, 3.8) is 0 Å². The monoisotopic (exact) mass is 386 g/mol. The molecule has 0 aliphatic heterocycles. The van der Waals surface area contributed by atoms with Gasteiger partial charge in [-0.15, -0.1) is 11.3 Å². The van der Waals surface area contributed by atoms with E-state index in [-0.39, 0.29) is 11.8 Å². The number of amides is 1. The van der Waals surface area contributed by atoms with Crippen LogP contribution >= 0.6 is 11.3 Å². The molecular formula is C19H15FN2O4S. The van der Waals surface area contributed by atoms with Crippen LogP contribution in [0.5, 0.6) is 5.75 Å². The first-order chi connectivity index (χ1) is 13.0. The lowest BCUT2D eigenvalue weighted by molar-refractivity contribution is -0.385. The van der Waals surface area contributed by atoms with Gasteiger partial charge in [0.05, 0.1) is 11.0 Å². The number of nitro groups is 1. The van der Waals surface area contributed by atoms with Crippen molar-refractivity contribution in [3.05, 3.63) is 92.4 Å². The summed E-state index contributed by atoms with van der Waals surface area (Å²) in [5, 5.41) is 15.8. The summed E-state index contributed by atoms with van der Waals surface area (Å²) in [6.45, 7) is -0.473. The van der Waals surface area contributed by atoms with Gasteiger partial charge in [0.15, 0.2) is 6.61 Å². The first-order valence-corrected chi connectivity index (χ1v) is 8.87. The van der Waals surface area contributed by atoms with Crippen molar-refractivity contribution in [2.45, 2.75) is 6.04 Å². The number of hydrogen-bond acceptors (Lipinski definition) is 5. The molecule has 0 fully saturated rings. The van der Waals surface area contributed by atoms with Crippen molar-refractivity contribution in [1.82, 2.24) is 5.32 Å². The molecule has 0 radical (unpaired) electrons. The van der Waals surface area contributed by atoms with Crippen molar-refractivity contribution in [2.75, 3.05) is 6.61 Å². The summed E-state index contributed by atoms with van der Waals surface area (Å²) in [5.74, 6) is -1.45. The summed E-state index contributed by atoms with van der Waals surface area (Å²) in [5.41, 5.74) is 0.493. The smallest absolute Gasteiger partial charge is 0.311 e. The number of hydrogen-bond donors (Lipinski definition) is 1. The Bertz CT molecular complexity index is 932. The van der Waals surface area contributed by atoms with Gasteiger partial charge in [0.2, 0.25) is 5.75 Å². The van der Waals surface area contributed by atoms with Crippen LogP contribution in [-0.4, -0.2) is 17.4 Å². The van der Waals surface area contributed by atoms with Crippen LogP contribution in [0.3, 0.4) is 0 Å². The number of benzene rings is 2. The van der Waals surface area contributed by atoms with Crippen molar-refractivity contribution in [1.29, 1.82) is 0 Å². The molecule has 8 heteroatoms. The SMILES string of the molecule is O=C(COc1cc(F)ccc1[N+](=O)[O-])N[C@@H](c1ccccc1)c1cccs1. The van der Waals surface area contributed by atoms with Gasteiger partial charge in [-0.1, -0.05) is 36.4 Å². The second-order valence-electron chi connectivity index (χ2n) is 5.58. The molecule has 0 spiro atoms. The standard InChI is InChI=1S/C19H15FN2O4S/c20-14-8-9-15(22(24)25)16(11-14)26-12-18(23)21-19(17-7-4-10-27-17)13-5-2-1-3-6-13/h1-11,19H,12H2,(H,21,23)/t19-/m0/s1. The predicted molar refractivity (Wildman–Crippen MR) is 99.3 cm³/mol. The molecule has 1 heterocycles. The minimum absolute atomic E-state index is 0.289. The topological polar surface area (TPSA) is 81.5 Å². The molecule has 0 aliphatic carbocycles. The van der Waals surface area contributed by atoms with E-state index in [1.807, 2.05) is 47.8 Å². The maximum absolute atomic E-state index is 13.4. The number of halogens is 1. The Kier molecular flexibility index (Phi) is 5.77. The van der Waals surface area contributed by atoms with Crippen LogP contribution in [0.25, 0.3) is 0 Å². The second-order valence-corrected chi connectivity index (χ2v) is 6.56. The highest BCUT2D eigenvalue weighted by Gasteiger charge is 2.20. The van der Waals surface area contributed by atoms with Crippen LogP contribution in [0, 0.1) is 15.9 Å². The molecule has 0 unspecified atom stereocenters. The minimum atomic E-state index is -0.689. The zero-order valence-electron chi connectivity index (χ0n) is 14.0. The first kappa shape index (κ1) is 18.5. The fourth-order valence-electron chi connectivity index (χ4n) is 2.52. The Morgan fingerprint density at radius 1 is 1.19 bits per heavy atom. The lowest BCUT2D eigenvalue weighted by Gasteiger charge is -2.18. The summed E-state index contributed by atoms with van der Waals surface area (Å²) < 4.78 is 18.6. The molecular weight excluding hydrogens is 371 g/mol. The molecule has 0 saturated carbocycles. The average Bonchev–Trinajstić information content (AvgIpc) is 3.19. The molecule has 3 rings (SSSR count). The molecule has 1 amide bonds. The third-order valence-corrected chi connectivity index (χ3v) is 4.68. The van der Waals surface area contributed by atoms with Gasteiger partial charge in [0.1, 0.15) is 5.82 Å². The highest BCUT2D eigenvalue weighted by atomic mass is 32.1. The van der Waals surface area contributed by atoms with E-state index >= 15 is 0 Å². The van der Waals surface area contributed by atoms with Crippen LogP contribution in [0.2, 0.25) is 0 Å². The van der Waals surface area contributed by atoms with Crippen LogP contribution in [-0.2, 0) is 4.79 Å². The Balaban J connectivity index is 1.73. The van der Waals surface area contributed by atoms with Gasteiger partial charge >= 0.3 is 5.69 Å². The summed E-state index contributed by atoms with van der Waals surface area (Å²) in [7, 11) is 0. The predicted octanol–water partition coefficient (Wildman–Crippen LogP) is 4.08. The van der Waals surface area contributed by atoms with Gasteiger partial charge in [-0.25, -0.2) is 4.39 Å². The van der Waals surface area contributed by atoms with E-state index in [4.69, 9.17) is 4.74 Å². The molecule has 1 N–H and O–H groups in total. The number of carbonyl (C=O) groups is 1. The number of nitrogens with zero attached hydrogens (tertiary/aromatic N) is 1. The van der Waals surface area contributed by atoms with Gasteiger partial charge in [0.25, 0.3) is 5.91 Å². The van der Waals surface area contributed by atoms with E-state index < -0.39 is 28.9 Å². The summed E-state index contributed by atoms with van der Waals surface area (Å²) in [4.78, 5) is 23.6. The molecule has 1 aromatic heterocycles. The maximum Gasteiger partial charge on any atom is 0.311 e. The number of nitro benzene ring substituents is 1. The van der Waals surface area contributed by atoms with Crippen molar-refractivity contribution >= 4 is 22.9 Å². The number of thiophene rings is 1. The molecule has 138 valence electrons. The number of carbonyl (C=O) groups excluding carboxylic acids is 1. The third-order valence-electron chi connectivity index (χ3n) is 3.74. The van der Waals surface area contributed by atoms with Crippen molar-refractivity contribution in [3.8, 4) is 5.75 Å². The summed E-state index contributed by atoms with van der Waals surface area (Å²) in [6, 6.07) is 15.7. The molecule has 3 aromatic rings. The fourth-order valence-corrected chi connectivity index (χ4v) is 3.32. The Hall–Kier alpha value is -3.26. The van der Waals surface area contributed by atoms with Gasteiger partial charge in [-0.2, -0.15) is 0 Å². The Morgan fingerprint density at radius 3 is 2.63 bits per heavy atom. The minimum Gasteiger partial charge on any atom is -0.477 e. The van der Waals surface area contributed by atoms with E-state index in [0.717, 1.165) is 28.6 Å². The summed E-state index contributed by atoms with van der Waals surface area (Å²) in [6.07, 6.45) is 0. The molecule has 6 nitrogen and oxygen atoms in total. The molecule has 0 bridgehead atoms. The van der Waals surface area contributed by atoms with Crippen LogP contribution < -0.4 is 10.1 Å². The highest BCUT2D eigenvalue weighted by molar-refractivity contribution is 7.10. The lowest BCUT2D eigenvalue weighted by Crippen LogP contribution is -2.33. The Labute approximate surface area is 158 Å². The second kappa shape index (κ2) is 8.41. The van der Waals surface area contributed by atoms with E-state index in [0.29, 0.717) is 0 Å². The van der Waals surface area contributed by atoms with Gasteiger partial charge in [-0.05, 0) is 23.1 Å². The van der Waals surface area contributed by atoms with Crippen LogP contribution in [0.4, 0.5) is 10.1 Å². The number of nitrogens with one attached hydrogen (secondary N) is 1.